The molecule has 2 aliphatic rings. The molecule has 3 rings (SSSR count). The third-order valence-electron chi connectivity index (χ3n) is 4.54. The highest BCUT2D eigenvalue weighted by Crippen LogP contribution is 2.65. The first-order valence-corrected chi connectivity index (χ1v) is 8.37. The first-order valence-electron chi connectivity index (χ1n) is 6.70. The zero-order valence-corrected chi connectivity index (χ0v) is 14.4. The van der Waals surface area contributed by atoms with E-state index in [1.165, 1.54) is 16.7 Å². The Morgan fingerprint density at radius 2 is 2.18 bits per heavy atom. The number of carboxylic acids is 1. The fraction of sp³-hybridized carbons (Fsp3) is 0.500. The number of carbonyl (C=O) groups excluding carboxylic acids is 1. The third-order valence-corrected chi connectivity index (χ3v) is 7.74. The van der Waals surface area contributed by atoms with Gasteiger partial charge in [0.1, 0.15) is 5.37 Å². The van der Waals surface area contributed by atoms with E-state index in [1.807, 2.05) is 0 Å². The Bertz CT molecular complexity index is 656. The van der Waals surface area contributed by atoms with Gasteiger partial charge in [-0.2, -0.15) is 0 Å². The van der Waals surface area contributed by atoms with Gasteiger partial charge in [0, 0.05) is 10.9 Å². The van der Waals surface area contributed by atoms with Crippen molar-refractivity contribution in [2.75, 3.05) is 6.61 Å². The lowest BCUT2D eigenvalue weighted by atomic mass is 9.79. The number of alkyl halides is 1. The van der Waals surface area contributed by atoms with Crippen LogP contribution in [0.3, 0.4) is 0 Å². The molecular formula is C14H15BrN2O4S. The zero-order valence-electron chi connectivity index (χ0n) is 12.0. The normalized spacial score (nSPS) is 35.9. The molecule has 2 aliphatic heterocycles. The van der Waals surface area contributed by atoms with Gasteiger partial charge in [0.25, 0.3) is 5.91 Å². The van der Waals surface area contributed by atoms with Gasteiger partial charge >= 0.3 is 5.97 Å². The van der Waals surface area contributed by atoms with Crippen LogP contribution in [0.25, 0.3) is 0 Å². The summed E-state index contributed by atoms with van der Waals surface area (Å²) < 4.78 is -1.89. The van der Waals surface area contributed by atoms with Gasteiger partial charge in [-0.05, 0) is 26.0 Å². The number of β-lactam (4-membered cyclic amide) rings is 1. The van der Waals surface area contributed by atoms with E-state index in [-0.39, 0.29) is 5.91 Å². The molecular weight excluding hydrogens is 372 g/mol. The van der Waals surface area contributed by atoms with Crippen LogP contribution in [0.4, 0.5) is 0 Å². The van der Waals surface area contributed by atoms with Crippen LogP contribution in [0, 0.1) is 0 Å². The van der Waals surface area contributed by atoms with Crippen molar-refractivity contribution in [3.63, 3.8) is 0 Å². The average molecular weight is 387 g/mol. The average Bonchev–Trinajstić information content (AvgIpc) is 2.73. The smallest absolute Gasteiger partial charge is 0.333 e. The molecule has 22 heavy (non-hydrogen) atoms. The zero-order chi connectivity index (χ0) is 16.3. The molecule has 3 atom stereocenters. The molecule has 1 unspecified atom stereocenters. The van der Waals surface area contributed by atoms with Gasteiger partial charge in [0.15, 0.2) is 9.86 Å². The van der Waals surface area contributed by atoms with Crippen molar-refractivity contribution >= 4 is 39.6 Å². The summed E-state index contributed by atoms with van der Waals surface area (Å²) in [6.07, 6.45) is 1.59. The minimum absolute atomic E-state index is 0.384. The minimum Gasteiger partial charge on any atom is -0.479 e. The Labute approximate surface area is 140 Å². The van der Waals surface area contributed by atoms with Crippen LogP contribution in [0.1, 0.15) is 19.5 Å². The van der Waals surface area contributed by atoms with E-state index in [0.29, 0.717) is 5.69 Å². The largest absolute Gasteiger partial charge is 0.479 e. The molecule has 1 amide bonds. The highest BCUT2D eigenvalue weighted by atomic mass is 79.9. The summed E-state index contributed by atoms with van der Waals surface area (Å²) in [5.74, 6) is -1.58. The van der Waals surface area contributed by atoms with E-state index in [2.05, 4.69) is 20.9 Å². The van der Waals surface area contributed by atoms with E-state index in [0.717, 1.165) is 0 Å². The molecule has 0 spiro atoms. The summed E-state index contributed by atoms with van der Waals surface area (Å²) in [6, 6.07) is 5.27. The molecule has 1 aromatic heterocycles. The summed E-state index contributed by atoms with van der Waals surface area (Å²) in [5, 5.41) is 19.0. The monoisotopic (exact) mass is 386 g/mol. The Morgan fingerprint density at radius 1 is 1.50 bits per heavy atom. The van der Waals surface area contributed by atoms with Crippen LogP contribution in [0.15, 0.2) is 24.4 Å². The van der Waals surface area contributed by atoms with E-state index in [4.69, 9.17) is 0 Å². The Hall–Kier alpha value is -1.12. The van der Waals surface area contributed by atoms with Gasteiger partial charge in [-0.3, -0.25) is 9.78 Å². The van der Waals surface area contributed by atoms with Crippen LogP contribution < -0.4 is 0 Å². The van der Waals surface area contributed by atoms with Crippen molar-refractivity contribution < 1.29 is 19.8 Å². The molecule has 2 N–H and O–H groups in total. The summed E-state index contributed by atoms with van der Waals surface area (Å²) >= 11 is 4.84. The lowest BCUT2D eigenvalue weighted by molar-refractivity contribution is -0.175. The highest BCUT2D eigenvalue weighted by Gasteiger charge is 2.78. The molecule has 0 bridgehead atoms. The number of fused-ring (bicyclic) bond motifs is 1. The summed E-state index contributed by atoms with van der Waals surface area (Å²) in [6.45, 7) is 2.84. The van der Waals surface area contributed by atoms with E-state index >= 15 is 0 Å². The maximum Gasteiger partial charge on any atom is 0.333 e. The number of aromatic nitrogens is 1. The molecule has 2 fully saturated rings. The minimum atomic E-state index is -1.63. The molecule has 0 aromatic carbocycles. The Morgan fingerprint density at radius 3 is 2.68 bits per heavy atom. The second kappa shape index (κ2) is 4.69. The van der Waals surface area contributed by atoms with Crippen LogP contribution in [0.5, 0.6) is 0 Å². The number of nitrogens with zero attached hydrogens (tertiary/aromatic N) is 2. The van der Waals surface area contributed by atoms with Crippen molar-refractivity contribution in [3.8, 4) is 0 Å². The predicted molar refractivity (Wildman–Crippen MR) is 84.6 cm³/mol. The number of thioether (sulfide) groups is 1. The van der Waals surface area contributed by atoms with Gasteiger partial charge < -0.3 is 15.1 Å². The number of halogens is 1. The first-order chi connectivity index (χ1) is 10.2. The second-order valence-electron chi connectivity index (χ2n) is 5.91. The van der Waals surface area contributed by atoms with E-state index in [9.17, 15) is 19.8 Å². The fourth-order valence-electron chi connectivity index (χ4n) is 3.18. The van der Waals surface area contributed by atoms with Crippen molar-refractivity contribution in [2.24, 2.45) is 0 Å². The van der Waals surface area contributed by atoms with Crippen LogP contribution >= 0.6 is 27.7 Å². The third kappa shape index (κ3) is 1.58. The number of carboxylic acid groups (broad SMARTS) is 1. The topological polar surface area (TPSA) is 90.7 Å². The van der Waals surface area contributed by atoms with Gasteiger partial charge in [-0.25, -0.2) is 4.79 Å². The molecule has 118 valence electrons. The number of hydrogen-bond donors (Lipinski definition) is 2. The number of pyridine rings is 1. The van der Waals surface area contributed by atoms with Crippen molar-refractivity contribution in [1.29, 1.82) is 0 Å². The van der Waals surface area contributed by atoms with Crippen LogP contribution in [-0.4, -0.2) is 54.2 Å². The van der Waals surface area contributed by atoms with Crippen molar-refractivity contribution in [2.45, 2.75) is 33.8 Å². The molecule has 8 heteroatoms. The maximum atomic E-state index is 12.8. The fourth-order valence-corrected chi connectivity index (χ4v) is 5.86. The Kier molecular flexibility index (Phi) is 3.36. The van der Waals surface area contributed by atoms with Crippen LogP contribution in [0.2, 0.25) is 0 Å². The number of carbonyl (C=O) groups is 2. The highest BCUT2D eigenvalue weighted by molar-refractivity contribution is 9.10. The van der Waals surface area contributed by atoms with Gasteiger partial charge in [-0.1, -0.05) is 22.0 Å². The van der Waals surface area contributed by atoms with E-state index < -0.39 is 32.6 Å². The molecule has 1 aromatic rings. The standard InChI is InChI=1S/C14H15BrN2O4S/c1-12(2)13(7-18,11(20)21)17-9(19)14(15,10(17)22-12)8-5-3-4-6-16-8/h3-6,10,18H,7H2,1-2H3,(H,20,21)/t10-,13+,14?/m1/s1. The van der Waals surface area contributed by atoms with Gasteiger partial charge in [0.2, 0.25) is 0 Å². The molecule has 0 radical (unpaired) electrons. The lowest BCUT2D eigenvalue weighted by Gasteiger charge is -2.53. The van der Waals surface area contributed by atoms with Gasteiger partial charge in [-0.15, -0.1) is 11.8 Å². The molecule has 0 saturated carbocycles. The molecule has 2 saturated heterocycles. The number of rotatable bonds is 3. The number of hydrogen-bond acceptors (Lipinski definition) is 5. The number of aliphatic hydroxyl groups excluding tert-OH is 1. The SMILES string of the molecule is CC1(C)S[C@H]2N(C(=O)C2(Br)c2ccccn2)[C@@]1(CO)C(=O)O. The molecule has 0 aliphatic carbocycles. The summed E-state index contributed by atoms with van der Waals surface area (Å²) in [4.78, 5) is 30.2. The summed E-state index contributed by atoms with van der Waals surface area (Å²) in [5.41, 5.74) is -1.09. The number of amides is 1. The number of aliphatic carboxylic acids is 1. The van der Waals surface area contributed by atoms with Crippen molar-refractivity contribution in [1.82, 2.24) is 9.88 Å². The van der Waals surface area contributed by atoms with Crippen LogP contribution in [-0.2, 0) is 13.9 Å². The Balaban J connectivity index is 2.10. The number of aliphatic hydroxyl groups is 1. The second-order valence-corrected chi connectivity index (χ2v) is 8.86. The van der Waals surface area contributed by atoms with Crippen molar-refractivity contribution in [3.05, 3.63) is 30.1 Å². The molecule has 6 nitrogen and oxygen atoms in total. The predicted octanol–water partition coefficient (Wildman–Crippen LogP) is 1.18. The first kappa shape index (κ1) is 15.8. The van der Waals surface area contributed by atoms with Gasteiger partial charge in [0.05, 0.1) is 12.3 Å². The molecule has 3 heterocycles. The quantitative estimate of drug-likeness (QED) is 0.598. The summed E-state index contributed by atoms with van der Waals surface area (Å²) in [7, 11) is 0. The van der Waals surface area contributed by atoms with E-state index in [1.54, 1.807) is 38.2 Å². The maximum absolute atomic E-state index is 12.8. The lowest BCUT2D eigenvalue weighted by Crippen LogP contribution is -2.75.